The lowest BCUT2D eigenvalue weighted by Crippen LogP contribution is -2.72. The molecule has 65 heavy (non-hydrogen) atoms. The molecule has 0 bridgehead atoms. The van der Waals surface area contributed by atoms with Gasteiger partial charge in [0.25, 0.3) is 0 Å². The van der Waals surface area contributed by atoms with E-state index >= 15 is 0 Å². The van der Waals surface area contributed by atoms with Crippen molar-refractivity contribution >= 4 is 72.4 Å². The lowest BCUT2D eigenvalue weighted by atomic mass is 10.1. The zero-order chi connectivity index (χ0) is 42.9. The van der Waals surface area contributed by atoms with Crippen molar-refractivity contribution in [3.8, 4) is 45.5 Å². The van der Waals surface area contributed by atoms with E-state index in [9.17, 15) is 0 Å². The first-order valence-corrected chi connectivity index (χ1v) is 24.2. The van der Waals surface area contributed by atoms with Gasteiger partial charge in [0.15, 0.2) is 8.07 Å². The smallest absolute Gasteiger partial charge is 0.180 e. The Bertz CT molecular complexity index is 3400. The van der Waals surface area contributed by atoms with Crippen molar-refractivity contribution in [1.29, 1.82) is 0 Å². The van der Waals surface area contributed by atoms with Crippen molar-refractivity contribution in [1.82, 2.24) is 9.13 Å². The Labute approximate surface area is 377 Å². The largest absolute Gasteiger partial charge is 0.457 e. The third-order valence-electron chi connectivity index (χ3n) is 13.3. The Kier molecular flexibility index (Phi) is 8.51. The van der Waals surface area contributed by atoms with Crippen molar-refractivity contribution < 1.29 is 9.47 Å². The first kappa shape index (κ1) is 37.2. The number of aromatic nitrogens is 2. The average Bonchev–Trinajstić information content (AvgIpc) is 4.00. The van der Waals surface area contributed by atoms with E-state index < -0.39 is 8.07 Å². The maximum absolute atomic E-state index is 6.55. The summed E-state index contributed by atoms with van der Waals surface area (Å²) >= 11 is 0. The first-order chi connectivity index (χ1) is 32.2. The third-order valence-corrected chi connectivity index (χ3v) is 18.2. The molecule has 2 aromatic heterocycles. The van der Waals surface area contributed by atoms with Crippen LogP contribution in [-0.2, 0) is 0 Å². The zero-order valence-corrected chi connectivity index (χ0v) is 36.3. The van der Waals surface area contributed by atoms with E-state index in [1.807, 2.05) is 0 Å². The average molecular weight is 849 g/mol. The summed E-state index contributed by atoms with van der Waals surface area (Å²) in [5.74, 6) is 3.19. The summed E-state index contributed by atoms with van der Waals surface area (Å²) in [6.45, 7) is 0. The second-order valence-electron chi connectivity index (χ2n) is 16.8. The number of hydrogen-bond donors (Lipinski definition) is 0. The molecule has 1 aliphatic heterocycles. The molecule has 0 atom stereocenters. The predicted octanol–water partition coefficient (Wildman–Crippen LogP) is 12.8. The lowest BCUT2D eigenvalue weighted by Gasteiger charge is -2.31. The number of ether oxygens (including phenoxy) is 2. The molecule has 306 valence electrons. The van der Waals surface area contributed by atoms with Crippen molar-refractivity contribution in [2.75, 3.05) is 0 Å². The molecular weight excluding hydrogens is 809 g/mol. The molecule has 0 N–H and O–H groups in total. The molecule has 10 aromatic carbocycles. The molecular formula is C60H40N2O2Si. The van der Waals surface area contributed by atoms with Crippen molar-refractivity contribution in [2.24, 2.45) is 0 Å². The maximum atomic E-state index is 6.55. The molecule has 0 amide bonds. The fourth-order valence-corrected chi connectivity index (χ4v) is 15.7. The van der Waals surface area contributed by atoms with Gasteiger partial charge < -0.3 is 18.6 Å². The molecule has 0 radical (unpaired) electrons. The normalized spacial score (nSPS) is 12.7. The molecule has 3 heterocycles. The van der Waals surface area contributed by atoms with Gasteiger partial charge >= 0.3 is 0 Å². The van der Waals surface area contributed by atoms with Gasteiger partial charge in [0.05, 0.1) is 22.1 Å². The summed E-state index contributed by atoms with van der Waals surface area (Å²) in [6, 6.07) is 86.9. The van der Waals surface area contributed by atoms with Gasteiger partial charge in [-0.25, -0.2) is 0 Å². The van der Waals surface area contributed by atoms with Gasteiger partial charge in [-0.05, 0) is 129 Å². The van der Waals surface area contributed by atoms with Crippen molar-refractivity contribution in [3.05, 3.63) is 243 Å². The van der Waals surface area contributed by atoms with Gasteiger partial charge in [0, 0.05) is 32.9 Å². The summed E-state index contributed by atoms with van der Waals surface area (Å²) in [4.78, 5) is 0. The van der Waals surface area contributed by atoms with Gasteiger partial charge in [-0.3, -0.25) is 0 Å². The molecule has 0 saturated heterocycles. The molecule has 0 spiro atoms. The second kappa shape index (κ2) is 14.9. The van der Waals surface area contributed by atoms with Crippen LogP contribution in [0.2, 0.25) is 0 Å². The highest BCUT2D eigenvalue weighted by Gasteiger charge is 2.48. The maximum Gasteiger partial charge on any atom is 0.180 e. The molecule has 12 aromatic rings. The molecule has 1 aliphatic rings. The van der Waals surface area contributed by atoms with E-state index in [0.29, 0.717) is 0 Å². The van der Waals surface area contributed by atoms with E-state index in [1.54, 1.807) is 0 Å². The third kappa shape index (κ3) is 5.83. The van der Waals surface area contributed by atoms with Gasteiger partial charge in [0.2, 0.25) is 0 Å². The Morgan fingerprint density at radius 1 is 0.262 bits per heavy atom. The SMILES string of the molecule is c1ccc2c(c1)-c1ccccc1[Si]2(c1ccc(Oc2ccc(-n3c4ccccc4c4ccccc43)cc2)cc1)c1ccc(Oc2ccc(-n3c4ccccc4c4ccccc43)cc2)cc1. The van der Waals surface area contributed by atoms with Gasteiger partial charge in [-0.2, -0.15) is 0 Å². The Morgan fingerprint density at radius 3 is 0.877 bits per heavy atom. The number of nitrogens with zero attached hydrogens (tertiary/aromatic N) is 2. The quantitative estimate of drug-likeness (QED) is 0.143. The predicted molar refractivity (Wildman–Crippen MR) is 271 cm³/mol. The van der Waals surface area contributed by atoms with Crippen LogP contribution >= 0.6 is 0 Å². The van der Waals surface area contributed by atoms with Crippen LogP contribution in [0.5, 0.6) is 23.0 Å². The number of benzene rings is 10. The minimum absolute atomic E-state index is 0.794. The molecule has 0 fully saturated rings. The van der Waals surface area contributed by atoms with Crippen LogP contribution in [0.3, 0.4) is 0 Å². The summed E-state index contributed by atoms with van der Waals surface area (Å²) in [5, 5.41) is 10.4. The molecule has 0 aliphatic carbocycles. The molecule has 13 rings (SSSR count). The summed E-state index contributed by atoms with van der Waals surface area (Å²) in [6.07, 6.45) is 0. The molecule has 4 nitrogen and oxygen atoms in total. The van der Waals surface area contributed by atoms with E-state index in [0.717, 1.165) is 34.4 Å². The second-order valence-corrected chi connectivity index (χ2v) is 20.6. The Hall–Kier alpha value is -8.38. The van der Waals surface area contributed by atoms with Crippen LogP contribution in [0.1, 0.15) is 0 Å². The van der Waals surface area contributed by atoms with Crippen LogP contribution in [-0.4, -0.2) is 17.2 Å². The van der Waals surface area contributed by atoms with Gasteiger partial charge in [0.1, 0.15) is 23.0 Å². The highest BCUT2D eigenvalue weighted by Crippen LogP contribution is 2.35. The lowest BCUT2D eigenvalue weighted by molar-refractivity contribution is 0.482. The number of fused-ring (bicyclic) bond motifs is 9. The van der Waals surface area contributed by atoms with E-state index in [2.05, 4.69) is 252 Å². The fraction of sp³-hybridized carbons (Fsp3) is 0. The molecule has 0 saturated carbocycles. The van der Waals surface area contributed by atoms with Gasteiger partial charge in [-0.15, -0.1) is 0 Å². The van der Waals surface area contributed by atoms with Gasteiger partial charge in [-0.1, -0.05) is 146 Å². The van der Waals surface area contributed by atoms with E-state index in [1.165, 1.54) is 75.5 Å². The van der Waals surface area contributed by atoms with Crippen molar-refractivity contribution in [2.45, 2.75) is 0 Å². The van der Waals surface area contributed by atoms with E-state index in [-0.39, 0.29) is 0 Å². The van der Waals surface area contributed by atoms with E-state index in [4.69, 9.17) is 9.47 Å². The van der Waals surface area contributed by atoms with Crippen LogP contribution in [0, 0.1) is 0 Å². The van der Waals surface area contributed by atoms with Crippen molar-refractivity contribution in [3.63, 3.8) is 0 Å². The zero-order valence-electron chi connectivity index (χ0n) is 35.3. The van der Waals surface area contributed by atoms with Crippen LogP contribution in [0.15, 0.2) is 243 Å². The topological polar surface area (TPSA) is 28.3 Å². The first-order valence-electron chi connectivity index (χ1n) is 22.2. The molecule has 5 heteroatoms. The summed E-state index contributed by atoms with van der Waals surface area (Å²) in [5.41, 5.74) is 9.57. The van der Waals surface area contributed by atoms with Crippen LogP contribution < -0.4 is 30.2 Å². The highest BCUT2D eigenvalue weighted by molar-refractivity contribution is 7.22. The minimum Gasteiger partial charge on any atom is -0.457 e. The Balaban J connectivity index is 0.815. The standard InChI is InChI=1S/C60H40N2O2Si/c1-7-19-55-49(13-1)50-14-2-8-20-56(50)61(55)41-25-29-43(30-26-41)63-45-33-37-47(38-34-45)65(59-23-11-5-17-53(59)54-18-6-12-24-60(54)65)48-39-35-46(36-40-48)64-44-31-27-42(28-32-44)62-57-21-9-3-15-51(57)52-16-4-10-22-58(52)62/h1-40H. The summed E-state index contributed by atoms with van der Waals surface area (Å²) in [7, 11) is -2.74. The monoisotopic (exact) mass is 848 g/mol. The Morgan fingerprint density at radius 2 is 0.538 bits per heavy atom. The number of para-hydroxylation sites is 4. The number of hydrogen-bond acceptors (Lipinski definition) is 2. The number of rotatable bonds is 8. The molecule has 0 unspecified atom stereocenters. The van der Waals surface area contributed by atoms with Crippen LogP contribution in [0.25, 0.3) is 66.1 Å². The van der Waals surface area contributed by atoms with Crippen LogP contribution in [0.4, 0.5) is 0 Å². The summed E-state index contributed by atoms with van der Waals surface area (Å²) < 4.78 is 17.8. The fourth-order valence-electron chi connectivity index (χ4n) is 10.6. The highest BCUT2D eigenvalue weighted by atomic mass is 28.3. The minimum atomic E-state index is -2.74.